The monoisotopic (exact) mass is 536 g/mol. The predicted octanol–water partition coefficient (Wildman–Crippen LogP) is 5.72. The van der Waals surface area contributed by atoms with Gasteiger partial charge in [-0.2, -0.15) is 0 Å². The van der Waals surface area contributed by atoms with Crippen molar-refractivity contribution in [3.63, 3.8) is 0 Å². The zero-order chi connectivity index (χ0) is 24.5. The molecule has 0 spiro atoms. The number of hydrogen-bond acceptors (Lipinski definition) is 7. The van der Waals surface area contributed by atoms with Crippen LogP contribution in [0.4, 0.5) is 5.69 Å². The molecule has 1 N–H and O–H groups in total. The summed E-state index contributed by atoms with van der Waals surface area (Å²) in [5.74, 6) is 1.64. The number of benzene rings is 2. The van der Waals surface area contributed by atoms with Crippen molar-refractivity contribution >= 4 is 64.3 Å². The average Bonchev–Trinajstić information content (AvgIpc) is 3.20. The Balaban J connectivity index is 1.55. The highest BCUT2D eigenvalue weighted by molar-refractivity contribution is 7.99. The van der Waals surface area contributed by atoms with Crippen molar-refractivity contribution in [2.24, 2.45) is 0 Å². The summed E-state index contributed by atoms with van der Waals surface area (Å²) in [5, 5.41) is 13.2. The molecule has 1 heterocycles. The van der Waals surface area contributed by atoms with E-state index in [2.05, 4.69) is 26.8 Å². The van der Waals surface area contributed by atoms with Crippen molar-refractivity contribution < 1.29 is 14.3 Å². The number of esters is 1. The number of amides is 1. The molecular weight excluding hydrogens is 515 g/mol. The number of nitrogens with zero attached hydrogens (tertiary/aromatic N) is 3. The zero-order valence-electron chi connectivity index (χ0n) is 18.3. The van der Waals surface area contributed by atoms with Gasteiger partial charge in [0.2, 0.25) is 5.91 Å². The maximum Gasteiger partial charge on any atom is 0.337 e. The van der Waals surface area contributed by atoms with E-state index >= 15 is 0 Å². The molecule has 7 nitrogen and oxygen atoms in total. The molecule has 0 radical (unpaired) electrons. The summed E-state index contributed by atoms with van der Waals surface area (Å²) in [6, 6.07) is 11.9. The van der Waals surface area contributed by atoms with Crippen LogP contribution >= 0.6 is 46.7 Å². The molecule has 3 rings (SSSR count). The van der Waals surface area contributed by atoms with Crippen LogP contribution in [0.15, 0.2) is 60.3 Å². The molecule has 0 saturated carbocycles. The van der Waals surface area contributed by atoms with E-state index in [0.29, 0.717) is 44.5 Å². The van der Waals surface area contributed by atoms with Crippen molar-refractivity contribution in [3.05, 3.63) is 82.1 Å². The van der Waals surface area contributed by atoms with E-state index in [9.17, 15) is 9.59 Å². The summed E-state index contributed by atoms with van der Waals surface area (Å²) in [7, 11) is 1.32. The fraction of sp³-hybridized carbons (Fsp3) is 0.217. The summed E-state index contributed by atoms with van der Waals surface area (Å²) in [5.41, 5.74) is 2.00. The number of hydrogen-bond donors (Lipinski definition) is 1. The number of carbonyl (C=O) groups is 2. The molecule has 1 amide bonds. The zero-order valence-corrected chi connectivity index (χ0v) is 21.4. The van der Waals surface area contributed by atoms with E-state index in [-0.39, 0.29) is 11.7 Å². The second kappa shape index (κ2) is 12.9. The Labute approximate surface area is 216 Å². The van der Waals surface area contributed by atoms with E-state index in [1.165, 1.54) is 18.9 Å². The third-order valence-corrected chi connectivity index (χ3v) is 7.06. The SMILES string of the molecule is C=CCn1c(CSCc2ccc(Cl)cc2Cl)nnc1SCC(=O)Nc1ccc(C(=O)OC)cc1. The molecule has 0 unspecified atom stereocenters. The van der Waals surface area contributed by atoms with E-state index in [1.807, 2.05) is 16.7 Å². The van der Waals surface area contributed by atoms with Crippen molar-refractivity contribution in [2.75, 3.05) is 18.2 Å². The first-order valence-electron chi connectivity index (χ1n) is 10.1. The first-order valence-corrected chi connectivity index (χ1v) is 13.0. The van der Waals surface area contributed by atoms with Crippen LogP contribution < -0.4 is 5.32 Å². The number of ether oxygens (including phenoxy) is 1. The molecule has 1 aromatic heterocycles. The van der Waals surface area contributed by atoms with Crippen molar-refractivity contribution in [2.45, 2.75) is 23.2 Å². The van der Waals surface area contributed by atoms with Crippen molar-refractivity contribution in [1.82, 2.24) is 14.8 Å². The van der Waals surface area contributed by atoms with Crippen LogP contribution in [-0.4, -0.2) is 39.5 Å². The highest BCUT2D eigenvalue weighted by atomic mass is 35.5. The Morgan fingerprint density at radius 2 is 1.91 bits per heavy atom. The van der Waals surface area contributed by atoms with E-state index in [0.717, 1.165) is 11.4 Å². The summed E-state index contributed by atoms with van der Waals surface area (Å²) < 4.78 is 6.61. The highest BCUT2D eigenvalue weighted by Crippen LogP contribution is 2.27. The molecule has 0 bridgehead atoms. The Morgan fingerprint density at radius 3 is 2.59 bits per heavy atom. The van der Waals surface area contributed by atoms with Crippen molar-refractivity contribution in [3.8, 4) is 0 Å². The predicted molar refractivity (Wildman–Crippen MR) is 139 cm³/mol. The lowest BCUT2D eigenvalue weighted by molar-refractivity contribution is -0.113. The van der Waals surface area contributed by atoms with E-state index in [4.69, 9.17) is 23.2 Å². The third-order valence-electron chi connectivity index (χ3n) is 4.53. The Kier molecular flexibility index (Phi) is 9.88. The van der Waals surface area contributed by atoms with Gasteiger partial charge >= 0.3 is 5.97 Å². The molecule has 34 heavy (non-hydrogen) atoms. The maximum atomic E-state index is 12.4. The number of rotatable bonds is 11. The Hall–Kier alpha value is -2.46. The molecule has 0 saturated heterocycles. The number of allylic oxidation sites excluding steroid dienone is 1. The second-order valence-corrected chi connectivity index (χ2v) is 9.70. The molecule has 0 fully saturated rings. The molecule has 3 aromatic rings. The van der Waals surface area contributed by atoms with Gasteiger partial charge in [-0.3, -0.25) is 4.79 Å². The third kappa shape index (κ3) is 7.27. The van der Waals surface area contributed by atoms with E-state index < -0.39 is 5.97 Å². The number of nitrogens with one attached hydrogen (secondary N) is 1. The first-order chi connectivity index (χ1) is 16.4. The summed E-state index contributed by atoms with van der Waals surface area (Å²) >= 11 is 15.2. The number of anilines is 1. The smallest absolute Gasteiger partial charge is 0.337 e. The number of carbonyl (C=O) groups excluding carboxylic acids is 2. The first kappa shape index (κ1) is 26.2. The van der Waals surface area contributed by atoms with E-state index in [1.54, 1.807) is 48.2 Å². The number of thioether (sulfide) groups is 2. The topological polar surface area (TPSA) is 86.1 Å². The molecule has 0 aliphatic carbocycles. The fourth-order valence-corrected chi connectivity index (χ4v) is 5.16. The second-order valence-electron chi connectivity index (χ2n) is 6.93. The average molecular weight is 537 g/mol. The molecule has 0 aliphatic rings. The summed E-state index contributed by atoms with van der Waals surface area (Å²) in [6.07, 6.45) is 1.76. The molecule has 11 heteroatoms. The standard InChI is InChI=1S/C23H22Cl2N4O3S2/c1-3-10-29-20(13-33-12-16-4-7-17(24)11-19(16)25)27-28-23(29)34-14-21(30)26-18-8-5-15(6-9-18)22(31)32-2/h3-9,11H,1,10,12-14H2,2H3,(H,26,30). The van der Waals surface area contributed by atoms with Crippen LogP contribution in [-0.2, 0) is 27.6 Å². The van der Waals surface area contributed by atoms with Crippen LogP contribution in [0.3, 0.4) is 0 Å². The highest BCUT2D eigenvalue weighted by Gasteiger charge is 2.14. The molecule has 0 aliphatic heterocycles. The minimum absolute atomic E-state index is 0.154. The van der Waals surface area contributed by atoms with Gasteiger partial charge in [-0.1, -0.05) is 47.1 Å². The maximum absolute atomic E-state index is 12.4. The number of aromatic nitrogens is 3. The lowest BCUT2D eigenvalue weighted by Crippen LogP contribution is -2.15. The Bertz CT molecular complexity index is 1170. The molecular formula is C23H22Cl2N4O3S2. The quantitative estimate of drug-likeness (QED) is 0.190. The van der Waals surface area contributed by atoms with Gasteiger partial charge in [0.25, 0.3) is 0 Å². The minimum Gasteiger partial charge on any atom is -0.465 e. The van der Waals surface area contributed by atoms with Crippen LogP contribution in [0.2, 0.25) is 10.0 Å². The molecule has 2 aromatic carbocycles. The van der Waals surface area contributed by atoms with Crippen LogP contribution in [0, 0.1) is 0 Å². The van der Waals surface area contributed by atoms with Gasteiger partial charge in [-0.05, 0) is 42.0 Å². The van der Waals surface area contributed by atoms with Gasteiger partial charge in [-0.15, -0.1) is 28.5 Å². The van der Waals surface area contributed by atoms with Gasteiger partial charge in [0, 0.05) is 28.0 Å². The molecule has 178 valence electrons. The number of halogens is 2. The van der Waals surface area contributed by atoms with Crippen LogP contribution in [0.25, 0.3) is 0 Å². The summed E-state index contributed by atoms with van der Waals surface area (Å²) in [6.45, 7) is 4.34. The lowest BCUT2D eigenvalue weighted by Gasteiger charge is -2.09. The van der Waals surface area contributed by atoms with Gasteiger partial charge < -0.3 is 14.6 Å². The van der Waals surface area contributed by atoms with Gasteiger partial charge in [-0.25, -0.2) is 4.79 Å². The minimum atomic E-state index is -0.430. The van der Waals surface area contributed by atoms with Crippen LogP contribution in [0.5, 0.6) is 0 Å². The Morgan fingerprint density at radius 1 is 1.15 bits per heavy atom. The fourth-order valence-electron chi connectivity index (χ4n) is 2.87. The van der Waals surface area contributed by atoms with Crippen LogP contribution in [0.1, 0.15) is 21.7 Å². The molecule has 0 atom stereocenters. The van der Waals surface area contributed by atoms with Gasteiger partial charge in [0.05, 0.1) is 24.2 Å². The lowest BCUT2D eigenvalue weighted by atomic mass is 10.2. The summed E-state index contributed by atoms with van der Waals surface area (Å²) in [4.78, 5) is 23.9. The van der Waals surface area contributed by atoms with Crippen molar-refractivity contribution in [1.29, 1.82) is 0 Å². The largest absolute Gasteiger partial charge is 0.465 e. The van der Waals surface area contributed by atoms with Gasteiger partial charge in [0.1, 0.15) is 5.82 Å². The number of methoxy groups -OCH3 is 1. The normalized spacial score (nSPS) is 10.7. The van der Waals surface area contributed by atoms with Gasteiger partial charge in [0.15, 0.2) is 5.16 Å².